The van der Waals surface area contributed by atoms with Crippen LogP contribution in [-0.4, -0.2) is 49.5 Å². The van der Waals surface area contributed by atoms with E-state index in [0.29, 0.717) is 6.42 Å². The SMILES string of the molecule is CCCn1ncnc1CC1(O)CCN(C2CC2)C1. The molecule has 1 saturated heterocycles. The van der Waals surface area contributed by atoms with E-state index in [2.05, 4.69) is 21.9 Å². The van der Waals surface area contributed by atoms with Crippen LogP contribution in [0.2, 0.25) is 0 Å². The van der Waals surface area contributed by atoms with E-state index in [1.165, 1.54) is 12.8 Å². The van der Waals surface area contributed by atoms with Gasteiger partial charge in [0.2, 0.25) is 0 Å². The van der Waals surface area contributed by atoms with Crippen LogP contribution in [0.25, 0.3) is 0 Å². The van der Waals surface area contributed by atoms with Gasteiger partial charge in [0.15, 0.2) is 0 Å². The van der Waals surface area contributed by atoms with E-state index in [1.54, 1.807) is 6.33 Å². The predicted molar refractivity (Wildman–Crippen MR) is 68.2 cm³/mol. The highest BCUT2D eigenvalue weighted by Gasteiger charge is 2.42. The molecule has 5 nitrogen and oxygen atoms in total. The largest absolute Gasteiger partial charge is 0.388 e. The van der Waals surface area contributed by atoms with Crippen LogP contribution in [0, 0.1) is 0 Å². The average Bonchev–Trinajstić information content (AvgIpc) is 3.00. The van der Waals surface area contributed by atoms with E-state index in [1.807, 2.05) is 4.68 Å². The summed E-state index contributed by atoms with van der Waals surface area (Å²) in [6.45, 7) is 4.85. The number of aromatic nitrogens is 3. The first-order valence-electron chi connectivity index (χ1n) is 7.03. The number of likely N-dealkylation sites (tertiary alicyclic amines) is 1. The fourth-order valence-electron chi connectivity index (χ4n) is 2.90. The fraction of sp³-hybridized carbons (Fsp3) is 0.846. The maximum atomic E-state index is 10.7. The second kappa shape index (κ2) is 4.63. The molecular formula is C13H22N4O. The third-order valence-corrected chi connectivity index (χ3v) is 4.04. The van der Waals surface area contributed by atoms with Gasteiger partial charge in [0.05, 0.1) is 5.60 Å². The molecule has 100 valence electrons. The Balaban J connectivity index is 1.65. The molecule has 1 atom stereocenters. The van der Waals surface area contributed by atoms with Gasteiger partial charge in [-0.05, 0) is 25.7 Å². The van der Waals surface area contributed by atoms with Crippen molar-refractivity contribution in [1.82, 2.24) is 19.7 Å². The molecule has 0 spiro atoms. The van der Waals surface area contributed by atoms with E-state index >= 15 is 0 Å². The Labute approximate surface area is 108 Å². The van der Waals surface area contributed by atoms with Crippen molar-refractivity contribution in [1.29, 1.82) is 0 Å². The van der Waals surface area contributed by atoms with Gasteiger partial charge in [-0.1, -0.05) is 6.92 Å². The van der Waals surface area contributed by atoms with Crippen molar-refractivity contribution in [3.05, 3.63) is 12.2 Å². The summed E-state index contributed by atoms with van der Waals surface area (Å²) < 4.78 is 1.93. The Bertz CT molecular complexity index is 415. The van der Waals surface area contributed by atoms with Gasteiger partial charge in [0, 0.05) is 32.1 Å². The summed E-state index contributed by atoms with van der Waals surface area (Å²) in [6, 6.07) is 0.743. The van der Waals surface area contributed by atoms with E-state index in [9.17, 15) is 5.11 Å². The van der Waals surface area contributed by atoms with Crippen molar-refractivity contribution in [2.75, 3.05) is 13.1 Å². The monoisotopic (exact) mass is 250 g/mol. The van der Waals surface area contributed by atoms with Gasteiger partial charge >= 0.3 is 0 Å². The second-order valence-electron chi connectivity index (χ2n) is 5.75. The minimum Gasteiger partial charge on any atom is -0.388 e. The summed E-state index contributed by atoms with van der Waals surface area (Å²) in [6.07, 6.45) is 6.76. The number of nitrogens with zero attached hydrogens (tertiary/aromatic N) is 4. The van der Waals surface area contributed by atoms with E-state index in [0.717, 1.165) is 44.3 Å². The fourth-order valence-corrected chi connectivity index (χ4v) is 2.90. The first-order valence-corrected chi connectivity index (χ1v) is 7.03. The van der Waals surface area contributed by atoms with Crippen LogP contribution in [0.1, 0.15) is 38.4 Å². The van der Waals surface area contributed by atoms with Crippen LogP contribution >= 0.6 is 0 Å². The molecule has 18 heavy (non-hydrogen) atoms. The highest BCUT2D eigenvalue weighted by Crippen LogP contribution is 2.34. The van der Waals surface area contributed by atoms with Crippen LogP contribution in [0.4, 0.5) is 0 Å². The minimum atomic E-state index is -0.596. The molecule has 2 fully saturated rings. The summed E-state index contributed by atoms with van der Waals surface area (Å²) in [5.41, 5.74) is -0.596. The van der Waals surface area contributed by atoms with Crippen molar-refractivity contribution in [3.63, 3.8) is 0 Å². The summed E-state index contributed by atoms with van der Waals surface area (Å²) in [7, 11) is 0. The Kier molecular flexibility index (Phi) is 3.11. The topological polar surface area (TPSA) is 54.2 Å². The number of hydrogen-bond acceptors (Lipinski definition) is 4. The molecule has 1 aliphatic carbocycles. The minimum absolute atomic E-state index is 0.596. The molecule has 3 rings (SSSR count). The maximum absolute atomic E-state index is 10.7. The zero-order valence-corrected chi connectivity index (χ0v) is 11.0. The molecule has 0 radical (unpaired) electrons. The molecule has 2 heterocycles. The van der Waals surface area contributed by atoms with Crippen molar-refractivity contribution in [3.8, 4) is 0 Å². The molecule has 1 aliphatic heterocycles. The lowest BCUT2D eigenvalue weighted by Gasteiger charge is -2.23. The van der Waals surface area contributed by atoms with Crippen LogP contribution in [0.3, 0.4) is 0 Å². The number of hydrogen-bond donors (Lipinski definition) is 1. The molecule has 1 N–H and O–H groups in total. The number of aliphatic hydroxyl groups is 1. The van der Waals surface area contributed by atoms with Crippen LogP contribution in [0.5, 0.6) is 0 Å². The average molecular weight is 250 g/mol. The van der Waals surface area contributed by atoms with Crippen molar-refractivity contribution in [2.45, 2.75) is 57.2 Å². The van der Waals surface area contributed by atoms with Gasteiger partial charge in [-0.25, -0.2) is 4.98 Å². The Hall–Kier alpha value is -0.940. The van der Waals surface area contributed by atoms with Gasteiger partial charge in [-0.2, -0.15) is 5.10 Å². The van der Waals surface area contributed by atoms with Gasteiger partial charge in [-0.3, -0.25) is 9.58 Å². The normalized spacial score (nSPS) is 29.0. The van der Waals surface area contributed by atoms with Crippen molar-refractivity contribution < 1.29 is 5.11 Å². The first kappa shape index (κ1) is 12.1. The molecule has 0 amide bonds. The van der Waals surface area contributed by atoms with E-state index < -0.39 is 5.60 Å². The third-order valence-electron chi connectivity index (χ3n) is 4.04. The van der Waals surface area contributed by atoms with Gasteiger partial charge < -0.3 is 5.11 Å². The molecule has 2 aliphatic rings. The van der Waals surface area contributed by atoms with Gasteiger partial charge in [0.25, 0.3) is 0 Å². The third kappa shape index (κ3) is 2.42. The standard InChI is InChI=1S/C13H22N4O/c1-2-6-17-12(14-10-15-17)8-13(18)5-7-16(9-13)11-3-4-11/h10-11,18H,2-9H2,1H3. The predicted octanol–water partition coefficient (Wildman–Crippen LogP) is 0.830. The van der Waals surface area contributed by atoms with Crippen molar-refractivity contribution in [2.24, 2.45) is 0 Å². The molecule has 1 aromatic rings. The zero-order valence-electron chi connectivity index (χ0n) is 11.0. The molecular weight excluding hydrogens is 228 g/mol. The first-order chi connectivity index (χ1) is 8.70. The van der Waals surface area contributed by atoms with Crippen LogP contribution in [0.15, 0.2) is 6.33 Å². The lowest BCUT2D eigenvalue weighted by Crippen LogP contribution is -2.37. The molecule has 1 aromatic heterocycles. The van der Waals surface area contributed by atoms with Crippen LogP contribution in [-0.2, 0) is 13.0 Å². The molecule has 0 aromatic carbocycles. The number of aryl methyl sites for hydroxylation is 1. The molecule has 0 bridgehead atoms. The van der Waals surface area contributed by atoms with Crippen molar-refractivity contribution >= 4 is 0 Å². The van der Waals surface area contributed by atoms with Crippen LogP contribution < -0.4 is 0 Å². The highest BCUT2D eigenvalue weighted by molar-refractivity contribution is 5.02. The Morgan fingerprint density at radius 1 is 1.50 bits per heavy atom. The molecule has 5 heteroatoms. The number of rotatable bonds is 5. The lowest BCUT2D eigenvalue weighted by molar-refractivity contribution is 0.0456. The lowest BCUT2D eigenvalue weighted by atomic mass is 9.98. The highest BCUT2D eigenvalue weighted by atomic mass is 16.3. The summed E-state index contributed by atoms with van der Waals surface area (Å²) >= 11 is 0. The smallest absolute Gasteiger partial charge is 0.138 e. The number of β-amino-alcohol motifs (C(OH)–C–C–N with tert-alkyl or cyclic N) is 1. The quantitative estimate of drug-likeness (QED) is 0.841. The summed E-state index contributed by atoms with van der Waals surface area (Å²) in [4.78, 5) is 6.73. The zero-order chi connectivity index (χ0) is 12.6. The van der Waals surface area contributed by atoms with Gasteiger partial charge in [-0.15, -0.1) is 0 Å². The second-order valence-corrected chi connectivity index (χ2v) is 5.75. The summed E-state index contributed by atoms with van der Waals surface area (Å²) in [5, 5.41) is 14.9. The molecule has 1 saturated carbocycles. The Morgan fingerprint density at radius 2 is 2.33 bits per heavy atom. The van der Waals surface area contributed by atoms with E-state index in [-0.39, 0.29) is 0 Å². The maximum Gasteiger partial charge on any atom is 0.138 e. The van der Waals surface area contributed by atoms with Gasteiger partial charge in [0.1, 0.15) is 12.2 Å². The Morgan fingerprint density at radius 3 is 3.06 bits per heavy atom. The summed E-state index contributed by atoms with van der Waals surface area (Å²) in [5.74, 6) is 0.928. The van der Waals surface area contributed by atoms with E-state index in [4.69, 9.17) is 0 Å². The molecule has 1 unspecified atom stereocenters.